The predicted octanol–water partition coefficient (Wildman–Crippen LogP) is 2.56. The molecule has 0 bridgehead atoms. The summed E-state index contributed by atoms with van der Waals surface area (Å²) in [4.78, 5) is 13.4. The van der Waals surface area contributed by atoms with Crippen molar-refractivity contribution in [3.8, 4) is 0 Å². The number of amides is 1. The number of rotatable bonds is 3. The molecule has 1 aromatic carbocycles. The van der Waals surface area contributed by atoms with Gasteiger partial charge < -0.3 is 15.0 Å². The number of nitrogens with one attached hydrogen (secondary N) is 1. The average Bonchev–Trinajstić information content (AvgIpc) is 2.36. The van der Waals surface area contributed by atoms with Gasteiger partial charge >= 0.3 is 0 Å². The summed E-state index contributed by atoms with van der Waals surface area (Å²) in [5.41, 5.74) is 1.17. The van der Waals surface area contributed by atoms with E-state index in [1.807, 2.05) is 13.8 Å². The third-order valence-electron chi connectivity index (χ3n) is 3.12. The summed E-state index contributed by atoms with van der Waals surface area (Å²) in [6.45, 7) is 8.75. The van der Waals surface area contributed by atoms with Crippen LogP contribution < -0.4 is 10.2 Å². The van der Waals surface area contributed by atoms with E-state index in [0.717, 1.165) is 11.8 Å². The van der Waals surface area contributed by atoms with Crippen LogP contribution in [0, 0.1) is 5.82 Å². The molecule has 0 unspecified atom stereocenters. The van der Waals surface area contributed by atoms with Gasteiger partial charge in [0.05, 0.1) is 12.2 Å². The number of hydrogen-bond donors (Lipinski definition) is 1. The van der Waals surface area contributed by atoms with E-state index in [4.69, 9.17) is 4.74 Å². The van der Waals surface area contributed by atoms with Gasteiger partial charge in [0.1, 0.15) is 5.82 Å². The molecular formula is C15H19FN2O2. The highest BCUT2D eigenvalue weighted by atomic mass is 19.1. The molecule has 1 fully saturated rings. The first kappa shape index (κ1) is 14.5. The quantitative estimate of drug-likeness (QED) is 0.864. The van der Waals surface area contributed by atoms with E-state index in [1.165, 1.54) is 12.1 Å². The number of carbonyl (C=O) groups excluding carboxylic acids is 1. The third kappa shape index (κ3) is 3.57. The Balaban J connectivity index is 2.22. The van der Waals surface area contributed by atoms with Crippen molar-refractivity contribution in [2.45, 2.75) is 26.1 Å². The number of morpholine rings is 1. The average molecular weight is 278 g/mol. The molecule has 108 valence electrons. The molecule has 1 aliphatic rings. The molecule has 0 saturated carbocycles. The largest absolute Gasteiger partial charge is 0.372 e. The molecule has 1 aromatic rings. The molecule has 2 rings (SSSR count). The first-order valence-corrected chi connectivity index (χ1v) is 6.62. The molecule has 5 heteroatoms. The van der Waals surface area contributed by atoms with Crippen LogP contribution in [-0.4, -0.2) is 31.2 Å². The van der Waals surface area contributed by atoms with Crippen molar-refractivity contribution < 1.29 is 13.9 Å². The van der Waals surface area contributed by atoms with E-state index < -0.39 is 0 Å². The van der Waals surface area contributed by atoms with Crippen LogP contribution in [0.15, 0.2) is 30.9 Å². The lowest BCUT2D eigenvalue weighted by Crippen LogP contribution is -2.45. The van der Waals surface area contributed by atoms with Crippen molar-refractivity contribution in [1.29, 1.82) is 0 Å². The van der Waals surface area contributed by atoms with Gasteiger partial charge in [-0.25, -0.2) is 4.39 Å². The van der Waals surface area contributed by atoms with E-state index >= 15 is 0 Å². The minimum atomic E-state index is -0.381. The molecule has 1 heterocycles. The second-order valence-corrected chi connectivity index (χ2v) is 5.05. The van der Waals surface area contributed by atoms with E-state index in [0.29, 0.717) is 18.8 Å². The minimum Gasteiger partial charge on any atom is -0.372 e. The van der Waals surface area contributed by atoms with Crippen LogP contribution in [0.4, 0.5) is 15.8 Å². The molecule has 0 aromatic heterocycles. The monoisotopic (exact) mass is 278 g/mol. The Morgan fingerprint density at radius 3 is 2.65 bits per heavy atom. The number of benzene rings is 1. The topological polar surface area (TPSA) is 41.6 Å². The van der Waals surface area contributed by atoms with Crippen molar-refractivity contribution in [2.75, 3.05) is 23.3 Å². The SMILES string of the molecule is C=CC(=O)Nc1cc(F)cc(N2C[C@@H](C)O[C@@H](C)C2)c1. The summed E-state index contributed by atoms with van der Waals surface area (Å²) in [6, 6.07) is 4.52. The van der Waals surface area contributed by atoms with Gasteiger partial charge in [0, 0.05) is 24.5 Å². The predicted molar refractivity (Wildman–Crippen MR) is 77.4 cm³/mol. The maximum atomic E-state index is 13.7. The summed E-state index contributed by atoms with van der Waals surface area (Å²) in [5, 5.41) is 2.58. The Bertz CT molecular complexity index is 509. The Hall–Kier alpha value is -1.88. The number of anilines is 2. The maximum absolute atomic E-state index is 13.7. The van der Waals surface area contributed by atoms with Crippen molar-refractivity contribution in [1.82, 2.24) is 0 Å². The number of carbonyl (C=O) groups is 1. The van der Waals surface area contributed by atoms with Gasteiger partial charge in [-0.2, -0.15) is 0 Å². The molecule has 1 aliphatic heterocycles. The summed E-state index contributed by atoms with van der Waals surface area (Å²) < 4.78 is 19.4. The van der Waals surface area contributed by atoms with Crippen LogP contribution in [0.2, 0.25) is 0 Å². The second-order valence-electron chi connectivity index (χ2n) is 5.05. The van der Waals surface area contributed by atoms with Crippen LogP contribution in [0.5, 0.6) is 0 Å². The van der Waals surface area contributed by atoms with Gasteiger partial charge in [-0.3, -0.25) is 4.79 Å². The lowest BCUT2D eigenvalue weighted by atomic mass is 10.2. The van der Waals surface area contributed by atoms with Gasteiger partial charge in [-0.1, -0.05) is 6.58 Å². The molecule has 0 aliphatic carbocycles. The molecule has 20 heavy (non-hydrogen) atoms. The van der Waals surface area contributed by atoms with Gasteiger partial charge in [-0.15, -0.1) is 0 Å². The second kappa shape index (κ2) is 6.05. The number of hydrogen-bond acceptors (Lipinski definition) is 3. The molecule has 1 N–H and O–H groups in total. The minimum absolute atomic E-state index is 0.0910. The summed E-state index contributed by atoms with van der Waals surface area (Å²) in [7, 11) is 0. The van der Waals surface area contributed by atoms with Gasteiger partial charge in [-0.05, 0) is 38.1 Å². The lowest BCUT2D eigenvalue weighted by Gasteiger charge is -2.37. The fraction of sp³-hybridized carbons (Fsp3) is 0.400. The Morgan fingerprint density at radius 1 is 1.40 bits per heavy atom. The normalized spacial score (nSPS) is 22.4. The lowest BCUT2D eigenvalue weighted by molar-refractivity contribution is -0.111. The zero-order valence-corrected chi connectivity index (χ0v) is 11.7. The molecule has 2 atom stereocenters. The highest BCUT2D eigenvalue weighted by Gasteiger charge is 2.23. The van der Waals surface area contributed by atoms with Crippen molar-refractivity contribution in [2.24, 2.45) is 0 Å². The van der Waals surface area contributed by atoms with Crippen LogP contribution in [0.3, 0.4) is 0 Å². The van der Waals surface area contributed by atoms with Gasteiger partial charge in [0.2, 0.25) is 5.91 Å². The Kier molecular flexibility index (Phi) is 4.39. The molecule has 1 amide bonds. The number of ether oxygens (including phenoxy) is 1. The number of nitrogens with zero attached hydrogens (tertiary/aromatic N) is 1. The Morgan fingerprint density at radius 2 is 2.05 bits per heavy atom. The van der Waals surface area contributed by atoms with E-state index in [-0.39, 0.29) is 23.9 Å². The Labute approximate surface area is 118 Å². The van der Waals surface area contributed by atoms with E-state index in [1.54, 1.807) is 6.07 Å². The molecule has 0 radical (unpaired) electrons. The van der Waals surface area contributed by atoms with Crippen LogP contribution >= 0.6 is 0 Å². The first-order valence-electron chi connectivity index (χ1n) is 6.62. The van der Waals surface area contributed by atoms with Crippen LogP contribution in [0.25, 0.3) is 0 Å². The summed E-state index contributed by atoms with van der Waals surface area (Å²) in [6.07, 6.45) is 1.34. The van der Waals surface area contributed by atoms with Gasteiger partial charge in [0.15, 0.2) is 0 Å². The van der Waals surface area contributed by atoms with E-state index in [9.17, 15) is 9.18 Å². The molecule has 1 saturated heterocycles. The standard InChI is InChI=1S/C15H19FN2O2/c1-4-15(19)17-13-5-12(16)6-14(7-13)18-8-10(2)20-11(3)9-18/h4-7,10-11H,1,8-9H2,2-3H3,(H,17,19)/t10-,11+. The van der Waals surface area contributed by atoms with Crippen LogP contribution in [-0.2, 0) is 9.53 Å². The molecule has 0 spiro atoms. The van der Waals surface area contributed by atoms with Crippen LogP contribution in [0.1, 0.15) is 13.8 Å². The summed E-state index contributed by atoms with van der Waals surface area (Å²) >= 11 is 0. The van der Waals surface area contributed by atoms with Gasteiger partial charge in [0.25, 0.3) is 0 Å². The number of halogens is 1. The molecule has 4 nitrogen and oxygen atoms in total. The van der Waals surface area contributed by atoms with Crippen molar-refractivity contribution in [3.63, 3.8) is 0 Å². The zero-order valence-electron chi connectivity index (χ0n) is 11.7. The highest BCUT2D eigenvalue weighted by Crippen LogP contribution is 2.25. The fourth-order valence-corrected chi connectivity index (χ4v) is 2.41. The smallest absolute Gasteiger partial charge is 0.247 e. The van der Waals surface area contributed by atoms with E-state index in [2.05, 4.69) is 16.8 Å². The van der Waals surface area contributed by atoms with Crippen molar-refractivity contribution in [3.05, 3.63) is 36.7 Å². The maximum Gasteiger partial charge on any atom is 0.247 e. The summed E-state index contributed by atoms with van der Waals surface area (Å²) in [5.74, 6) is -0.737. The third-order valence-corrected chi connectivity index (χ3v) is 3.12. The van der Waals surface area contributed by atoms with Crippen molar-refractivity contribution >= 4 is 17.3 Å². The molecular weight excluding hydrogens is 259 g/mol. The zero-order chi connectivity index (χ0) is 14.7. The highest BCUT2D eigenvalue weighted by molar-refractivity contribution is 5.99. The fourth-order valence-electron chi connectivity index (χ4n) is 2.41. The first-order chi connectivity index (χ1) is 9.47.